The summed E-state index contributed by atoms with van der Waals surface area (Å²) < 4.78 is 7.01. The van der Waals surface area contributed by atoms with Crippen molar-refractivity contribution in [1.82, 2.24) is 5.32 Å². The minimum atomic E-state index is -1.00. The van der Waals surface area contributed by atoms with E-state index < -0.39 is 5.97 Å². The van der Waals surface area contributed by atoms with Gasteiger partial charge in [0.15, 0.2) is 0 Å². The second-order valence-electron chi connectivity index (χ2n) is 7.80. The van der Waals surface area contributed by atoms with E-state index in [9.17, 15) is 14.7 Å². The molecule has 0 bridgehead atoms. The molecule has 0 radical (unpaired) electrons. The fourth-order valence-corrected chi connectivity index (χ4v) is 5.53. The van der Waals surface area contributed by atoms with Crippen LogP contribution >= 0.6 is 35.1 Å². The second-order valence-corrected chi connectivity index (χ2v) is 9.77. The van der Waals surface area contributed by atoms with E-state index in [4.69, 9.17) is 27.9 Å². The first-order valence-corrected chi connectivity index (χ1v) is 12.4. The number of nitrogens with one attached hydrogen (secondary N) is 1. The van der Waals surface area contributed by atoms with Crippen LogP contribution < -0.4 is 14.4 Å². The topological polar surface area (TPSA) is 78.9 Å². The number of methoxy groups -OCH3 is 1. The van der Waals surface area contributed by atoms with Crippen molar-refractivity contribution >= 4 is 63.5 Å². The molecule has 36 heavy (non-hydrogen) atoms. The maximum Gasteiger partial charge on any atom is 0.324 e. The fourth-order valence-electron chi connectivity index (χ4n) is 3.83. The van der Waals surface area contributed by atoms with E-state index >= 15 is 0 Å². The number of carboxylic acids is 1. The molecule has 0 saturated carbocycles. The fraction of sp³-hybridized carbons (Fsp3) is 0.111. The highest BCUT2D eigenvalue weighted by Crippen LogP contribution is 2.37. The number of ether oxygens (including phenoxy) is 1. The van der Waals surface area contributed by atoms with E-state index in [-0.39, 0.29) is 12.5 Å². The number of aliphatic carboxylic acids is 1. The van der Waals surface area contributed by atoms with Gasteiger partial charge in [-0.15, -0.1) is 0 Å². The Balaban J connectivity index is 1.67. The number of carbonyl (C=O) groups is 2. The van der Waals surface area contributed by atoms with E-state index in [0.717, 1.165) is 10.9 Å². The minimum Gasteiger partial charge on any atom is -0.496 e. The van der Waals surface area contributed by atoms with Crippen LogP contribution in [-0.4, -0.2) is 30.6 Å². The van der Waals surface area contributed by atoms with E-state index in [0.29, 0.717) is 43.9 Å². The van der Waals surface area contributed by atoms with Crippen LogP contribution in [0.25, 0.3) is 10.8 Å². The van der Waals surface area contributed by atoms with Crippen LogP contribution in [0.1, 0.15) is 15.9 Å². The van der Waals surface area contributed by atoms with E-state index in [1.165, 1.54) is 11.9 Å². The standard InChI is InChI=1S/C27H22Cl2N2O4S/c1-35-25-11-3-2-6-17(25)15-30-27(34)23-9-4-8-22-21(23)7-5-10-24(22)31(16-26(32)33)36-20-13-18(28)12-19(29)14-20/h2-14H,15-16H2,1H3,(H,30,34)(H,32,33). The third-order valence-electron chi connectivity index (χ3n) is 5.37. The summed E-state index contributed by atoms with van der Waals surface area (Å²) in [6.45, 7) is 0.0214. The van der Waals surface area contributed by atoms with Gasteiger partial charge in [-0.05, 0) is 53.7 Å². The number of anilines is 1. The lowest BCUT2D eigenvalue weighted by Crippen LogP contribution is -2.24. The van der Waals surface area contributed by atoms with Crippen molar-refractivity contribution in [2.75, 3.05) is 18.0 Å². The van der Waals surface area contributed by atoms with Crippen LogP contribution in [0.5, 0.6) is 5.75 Å². The number of carbonyl (C=O) groups excluding carboxylic acids is 1. The number of nitrogens with zero attached hydrogens (tertiary/aromatic N) is 1. The number of fused-ring (bicyclic) bond motifs is 1. The summed E-state index contributed by atoms with van der Waals surface area (Å²) in [5.41, 5.74) is 1.99. The normalized spacial score (nSPS) is 10.8. The average Bonchev–Trinajstić information content (AvgIpc) is 2.85. The van der Waals surface area contributed by atoms with Crippen LogP contribution in [0.2, 0.25) is 10.0 Å². The minimum absolute atomic E-state index is 0.247. The van der Waals surface area contributed by atoms with Crippen molar-refractivity contribution in [1.29, 1.82) is 0 Å². The van der Waals surface area contributed by atoms with Crippen LogP contribution in [0.3, 0.4) is 0 Å². The summed E-state index contributed by atoms with van der Waals surface area (Å²) >= 11 is 13.5. The monoisotopic (exact) mass is 540 g/mol. The lowest BCUT2D eigenvalue weighted by atomic mass is 10.0. The molecule has 0 aliphatic heterocycles. The van der Waals surface area contributed by atoms with Crippen molar-refractivity contribution in [3.63, 3.8) is 0 Å². The zero-order valence-electron chi connectivity index (χ0n) is 19.2. The molecule has 0 aliphatic carbocycles. The smallest absolute Gasteiger partial charge is 0.324 e. The molecule has 184 valence electrons. The molecule has 0 spiro atoms. The molecule has 0 aromatic heterocycles. The molecule has 6 nitrogen and oxygen atoms in total. The second kappa shape index (κ2) is 11.6. The maximum atomic E-state index is 13.2. The number of hydrogen-bond acceptors (Lipinski definition) is 5. The lowest BCUT2D eigenvalue weighted by Gasteiger charge is -2.23. The highest BCUT2D eigenvalue weighted by Gasteiger charge is 2.19. The van der Waals surface area contributed by atoms with Gasteiger partial charge < -0.3 is 19.5 Å². The van der Waals surface area contributed by atoms with Gasteiger partial charge in [0.1, 0.15) is 12.3 Å². The van der Waals surface area contributed by atoms with Crippen LogP contribution in [0.15, 0.2) is 83.8 Å². The molecular formula is C27H22Cl2N2O4S. The predicted molar refractivity (Wildman–Crippen MR) is 145 cm³/mol. The summed E-state index contributed by atoms with van der Waals surface area (Å²) in [5, 5.41) is 14.9. The maximum absolute atomic E-state index is 13.2. The Labute approximate surface area is 222 Å². The van der Waals surface area contributed by atoms with Gasteiger partial charge >= 0.3 is 5.97 Å². The number of para-hydroxylation sites is 1. The van der Waals surface area contributed by atoms with Gasteiger partial charge in [0.05, 0.1) is 12.8 Å². The highest BCUT2D eigenvalue weighted by atomic mass is 35.5. The van der Waals surface area contributed by atoms with Gasteiger partial charge in [-0.25, -0.2) is 0 Å². The molecule has 4 rings (SSSR count). The average molecular weight is 541 g/mol. The number of carboxylic acid groups (broad SMARTS) is 1. The van der Waals surface area contributed by atoms with E-state index in [2.05, 4.69) is 5.32 Å². The number of amides is 1. The number of benzene rings is 4. The number of rotatable bonds is 9. The van der Waals surface area contributed by atoms with E-state index in [1.54, 1.807) is 47.8 Å². The largest absolute Gasteiger partial charge is 0.496 e. The van der Waals surface area contributed by atoms with Crippen molar-refractivity contribution in [3.8, 4) is 5.75 Å². The molecule has 4 aromatic carbocycles. The van der Waals surface area contributed by atoms with Crippen molar-refractivity contribution in [2.45, 2.75) is 11.4 Å². The zero-order valence-corrected chi connectivity index (χ0v) is 21.5. The van der Waals surface area contributed by atoms with Crippen LogP contribution in [0, 0.1) is 0 Å². The Kier molecular flexibility index (Phi) is 8.25. The summed E-state index contributed by atoms with van der Waals surface area (Å²) in [7, 11) is 1.59. The first kappa shape index (κ1) is 25.7. The SMILES string of the molecule is COc1ccccc1CNC(=O)c1cccc2c(N(CC(=O)O)Sc3cc(Cl)cc(Cl)c3)cccc12. The first-order valence-electron chi connectivity index (χ1n) is 10.9. The van der Waals surface area contributed by atoms with Gasteiger partial charge in [-0.3, -0.25) is 9.59 Å². The van der Waals surface area contributed by atoms with Gasteiger partial charge in [0.25, 0.3) is 5.91 Å². The summed E-state index contributed by atoms with van der Waals surface area (Å²) in [6.07, 6.45) is 0. The van der Waals surface area contributed by atoms with Gasteiger partial charge in [-0.1, -0.05) is 65.7 Å². The molecule has 4 aromatic rings. The molecule has 0 fully saturated rings. The Bertz CT molecular complexity index is 1410. The molecule has 2 N–H and O–H groups in total. The van der Waals surface area contributed by atoms with Gasteiger partial charge in [-0.2, -0.15) is 0 Å². The molecule has 0 unspecified atom stereocenters. The summed E-state index contributed by atoms with van der Waals surface area (Å²) in [5.74, 6) is -0.554. The predicted octanol–water partition coefficient (Wildman–Crippen LogP) is 6.68. The van der Waals surface area contributed by atoms with Crippen molar-refractivity contribution < 1.29 is 19.4 Å². The molecule has 1 amide bonds. The van der Waals surface area contributed by atoms with Crippen LogP contribution in [0.4, 0.5) is 5.69 Å². The van der Waals surface area contributed by atoms with Crippen molar-refractivity contribution in [3.05, 3.63) is 100 Å². The molecule has 0 heterocycles. The van der Waals surface area contributed by atoms with Gasteiger partial charge in [0, 0.05) is 38.0 Å². The van der Waals surface area contributed by atoms with Gasteiger partial charge in [0.2, 0.25) is 0 Å². The Morgan fingerprint density at radius 2 is 1.64 bits per heavy atom. The Hall–Kier alpha value is -3.39. The first-order chi connectivity index (χ1) is 17.4. The molecule has 9 heteroatoms. The highest BCUT2D eigenvalue weighted by molar-refractivity contribution is 8.00. The Morgan fingerprint density at radius 3 is 2.36 bits per heavy atom. The van der Waals surface area contributed by atoms with Crippen LogP contribution in [-0.2, 0) is 11.3 Å². The molecular weight excluding hydrogens is 519 g/mol. The summed E-state index contributed by atoms with van der Waals surface area (Å²) in [6, 6.07) is 23.4. The number of halogens is 2. The third-order valence-corrected chi connectivity index (χ3v) is 6.80. The molecule has 0 saturated heterocycles. The zero-order chi connectivity index (χ0) is 25.7. The molecule has 0 aliphatic rings. The van der Waals surface area contributed by atoms with Crippen molar-refractivity contribution in [2.24, 2.45) is 0 Å². The third kappa shape index (κ3) is 6.05. The lowest BCUT2D eigenvalue weighted by molar-refractivity contribution is -0.135. The Morgan fingerprint density at radius 1 is 0.944 bits per heavy atom. The van der Waals surface area contributed by atoms with E-state index in [1.807, 2.05) is 42.5 Å². The quantitative estimate of drug-likeness (QED) is 0.230. The number of hydrogen-bond donors (Lipinski definition) is 2. The summed E-state index contributed by atoms with van der Waals surface area (Å²) in [4.78, 5) is 25.6. The molecule has 0 atom stereocenters.